The summed E-state index contributed by atoms with van der Waals surface area (Å²) in [5, 5.41) is 0.0934. The molecule has 2 aromatic rings. The van der Waals surface area contributed by atoms with Gasteiger partial charge in [0.25, 0.3) is 5.56 Å². The molecule has 1 aliphatic heterocycles. The third kappa shape index (κ3) is 6.18. The number of hydrogen-bond acceptors (Lipinski definition) is 6. The number of anilines is 1. The zero-order chi connectivity index (χ0) is 24.4. The summed E-state index contributed by atoms with van der Waals surface area (Å²) >= 11 is 6.38. The Morgan fingerprint density at radius 1 is 1.09 bits per heavy atom. The quantitative estimate of drug-likeness (QED) is 0.255. The van der Waals surface area contributed by atoms with Gasteiger partial charge in [-0.15, -0.1) is 5.92 Å². The maximum absolute atomic E-state index is 13.4. The van der Waals surface area contributed by atoms with Crippen molar-refractivity contribution in [3.05, 3.63) is 15.6 Å². The van der Waals surface area contributed by atoms with Crippen LogP contribution in [0.15, 0.2) is 4.79 Å². The zero-order valence-electron chi connectivity index (χ0n) is 21.0. The van der Waals surface area contributed by atoms with Gasteiger partial charge < -0.3 is 9.64 Å². The summed E-state index contributed by atoms with van der Waals surface area (Å²) in [6.45, 7) is 19.9. The van der Waals surface area contributed by atoms with Crippen LogP contribution in [0, 0.1) is 11.8 Å². The van der Waals surface area contributed by atoms with Crippen molar-refractivity contribution in [1.29, 1.82) is 0 Å². The predicted octanol–water partition coefficient (Wildman–Crippen LogP) is 3.50. The monoisotopic (exact) mass is 492 g/mol. The third-order valence-corrected chi connectivity index (χ3v) is 7.93. The summed E-state index contributed by atoms with van der Waals surface area (Å²) in [5.74, 6) is 6.74. The van der Waals surface area contributed by atoms with E-state index in [-0.39, 0.29) is 23.1 Å². The fourth-order valence-corrected chi connectivity index (χ4v) is 4.81. The molecule has 0 saturated carbocycles. The maximum Gasteiger partial charge on any atom is 0.282 e. The predicted molar refractivity (Wildman–Crippen MR) is 138 cm³/mol. The van der Waals surface area contributed by atoms with Gasteiger partial charge in [-0.3, -0.25) is 18.8 Å². The van der Waals surface area contributed by atoms with Gasteiger partial charge in [0, 0.05) is 46.4 Å². The smallest absolute Gasteiger partial charge is 0.282 e. The van der Waals surface area contributed by atoms with Gasteiger partial charge in [0.05, 0.1) is 6.54 Å². The Labute approximate surface area is 202 Å². The Hall–Kier alpha value is -1.86. The Balaban J connectivity index is 1.93. The Kier molecular flexibility index (Phi) is 7.94. The Morgan fingerprint density at radius 2 is 1.76 bits per heavy atom. The number of aromatic nitrogens is 4. The van der Waals surface area contributed by atoms with Crippen molar-refractivity contribution in [2.45, 2.75) is 72.2 Å². The second kappa shape index (κ2) is 10.2. The van der Waals surface area contributed by atoms with E-state index in [0.717, 1.165) is 38.2 Å². The van der Waals surface area contributed by atoms with Crippen LogP contribution in [0.4, 0.5) is 5.95 Å². The molecule has 0 bridgehead atoms. The van der Waals surface area contributed by atoms with Crippen molar-refractivity contribution >= 4 is 36.8 Å². The van der Waals surface area contributed by atoms with Crippen molar-refractivity contribution < 1.29 is 4.74 Å². The van der Waals surface area contributed by atoms with E-state index in [1.807, 2.05) is 4.57 Å². The van der Waals surface area contributed by atoms with Gasteiger partial charge in [-0.05, 0) is 45.3 Å². The first-order valence-electron chi connectivity index (χ1n) is 11.6. The number of nitrogens with zero attached hydrogens (tertiary/aromatic N) is 6. The number of ether oxygens (including phenoxy) is 1. The lowest BCUT2D eigenvalue weighted by Crippen LogP contribution is -2.54. The first-order chi connectivity index (χ1) is 15.4. The third-order valence-electron chi connectivity index (χ3n) is 5.94. The van der Waals surface area contributed by atoms with Crippen LogP contribution in [0.1, 0.15) is 27.7 Å². The molecule has 182 valence electrons. The van der Waals surface area contributed by atoms with Gasteiger partial charge in [-0.25, -0.2) is 0 Å². The molecule has 0 aliphatic carbocycles. The summed E-state index contributed by atoms with van der Waals surface area (Å²) in [5.41, 5.74) is 0.653. The highest BCUT2D eigenvalue weighted by atomic mass is 35.5. The van der Waals surface area contributed by atoms with Crippen molar-refractivity contribution in [3.63, 3.8) is 0 Å². The van der Waals surface area contributed by atoms with Crippen LogP contribution in [-0.2, 0) is 18.0 Å². The van der Waals surface area contributed by atoms with Crippen LogP contribution in [0.5, 0.6) is 0 Å². The van der Waals surface area contributed by atoms with Crippen LogP contribution in [0.2, 0.25) is 31.0 Å². The molecule has 2 aromatic heterocycles. The minimum atomic E-state index is -1.22. The lowest BCUT2D eigenvalue weighted by atomic mass is 10.1. The average molecular weight is 493 g/mol. The van der Waals surface area contributed by atoms with E-state index in [9.17, 15) is 4.79 Å². The SMILES string of the molecule is CC#CCn1c(N2CCN(C(C)(C)C)CC2)nc2nc(Cl)n(COCC[Si](C)(C)C)c(=O)c21. The first kappa shape index (κ1) is 25.8. The Morgan fingerprint density at radius 3 is 2.33 bits per heavy atom. The number of imidazole rings is 1. The summed E-state index contributed by atoms with van der Waals surface area (Å²) in [4.78, 5) is 27.3. The van der Waals surface area contributed by atoms with Gasteiger partial charge in [-0.1, -0.05) is 25.6 Å². The fraction of sp³-hybridized carbons (Fsp3) is 0.696. The highest BCUT2D eigenvalue weighted by Gasteiger charge is 2.29. The average Bonchev–Trinajstić information content (AvgIpc) is 3.08. The molecule has 0 unspecified atom stereocenters. The van der Waals surface area contributed by atoms with Gasteiger partial charge in [0.1, 0.15) is 6.73 Å². The molecule has 0 N–H and O–H groups in total. The van der Waals surface area contributed by atoms with Gasteiger partial charge in [0.15, 0.2) is 11.2 Å². The fourth-order valence-electron chi connectivity index (χ4n) is 3.85. The number of hydrogen-bond donors (Lipinski definition) is 0. The molecule has 0 amide bonds. The first-order valence-corrected chi connectivity index (χ1v) is 15.6. The second-order valence-corrected chi connectivity index (χ2v) is 16.7. The lowest BCUT2D eigenvalue weighted by Gasteiger charge is -2.42. The molecule has 3 heterocycles. The molecule has 0 atom stereocenters. The molecule has 33 heavy (non-hydrogen) atoms. The summed E-state index contributed by atoms with van der Waals surface area (Å²) in [7, 11) is -1.22. The van der Waals surface area contributed by atoms with E-state index in [1.165, 1.54) is 4.57 Å². The molecular formula is C23H37ClN6O2Si. The van der Waals surface area contributed by atoms with E-state index < -0.39 is 8.07 Å². The molecule has 1 saturated heterocycles. The Bertz CT molecular complexity index is 1100. The van der Waals surface area contributed by atoms with E-state index >= 15 is 0 Å². The molecule has 1 fully saturated rings. The largest absolute Gasteiger partial charge is 0.361 e. The highest BCUT2D eigenvalue weighted by molar-refractivity contribution is 6.76. The molecule has 1 aliphatic rings. The molecule has 3 rings (SSSR count). The summed E-state index contributed by atoms with van der Waals surface area (Å²) in [6.07, 6.45) is 0. The van der Waals surface area contributed by atoms with E-state index in [1.54, 1.807) is 6.92 Å². The molecular weight excluding hydrogens is 456 g/mol. The molecule has 0 radical (unpaired) electrons. The molecule has 8 nitrogen and oxygen atoms in total. The zero-order valence-corrected chi connectivity index (χ0v) is 22.8. The number of fused-ring (bicyclic) bond motifs is 1. The van der Waals surface area contributed by atoms with Crippen molar-refractivity contribution in [3.8, 4) is 11.8 Å². The van der Waals surface area contributed by atoms with Gasteiger partial charge in [0.2, 0.25) is 11.2 Å². The van der Waals surface area contributed by atoms with Gasteiger partial charge in [-0.2, -0.15) is 9.97 Å². The number of halogens is 1. The van der Waals surface area contributed by atoms with Crippen molar-refractivity contribution in [1.82, 2.24) is 24.0 Å². The number of piperazine rings is 1. The van der Waals surface area contributed by atoms with Crippen molar-refractivity contribution in [2.75, 3.05) is 37.7 Å². The minimum absolute atomic E-state index is 0.0787. The molecule has 0 spiro atoms. The maximum atomic E-state index is 13.4. The van der Waals surface area contributed by atoms with E-state index in [0.29, 0.717) is 24.3 Å². The standard InChI is InChI=1S/C23H37ClN6O2Si/c1-8-9-10-29-18-19(26-22(29)27-11-13-28(14-12-27)23(2,3)4)25-21(24)30(20(18)31)17-32-15-16-33(5,6)7/h10-17H2,1-7H3. The minimum Gasteiger partial charge on any atom is -0.361 e. The number of rotatable bonds is 7. The molecule has 0 aromatic carbocycles. The van der Waals surface area contributed by atoms with Crippen LogP contribution >= 0.6 is 11.6 Å². The second-order valence-electron chi connectivity index (χ2n) is 10.7. The normalized spacial score (nSPS) is 15.7. The summed E-state index contributed by atoms with van der Waals surface area (Å²) in [6, 6.07) is 1.02. The van der Waals surface area contributed by atoms with Crippen LogP contribution in [0.3, 0.4) is 0 Å². The topological polar surface area (TPSA) is 68.4 Å². The van der Waals surface area contributed by atoms with Crippen LogP contribution in [-0.4, -0.2) is 70.4 Å². The van der Waals surface area contributed by atoms with E-state index in [2.05, 4.69) is 67.0 Å². The molecule has 10 heteroatoms. The van der Waals surface area contributed by atoms with Gasteiger partial charge >= 0.3 is 0 Å². The summed E-state index contributed by atoms with van der Waals surface area (Å²) < 4.78 is 9.05. The van der Waals surface area contributed by atoms with Crippen LogP contribution in [0.25, 0.3) is 11.2 Å². The van der Waals surface area contributed by atoms with Crippen molar-refractivity contribution in [2.24, 2.45) is 0 Å². The lowest BCUT2D eigenvalue weighted by molar-refractivity contribution is 0.0845. The van der Waals surface area contributed by atoms with Crippen LogP contribution < -0.4 is 10.5 Å². The highest BCUT2D eigenvalue weighted by Crippen LogP contribution is 2.24. The van der Waals surface area contributed by atoms with E-state index in [4.69, 9.17) is 21.3 Å².